The highest BCUT2D eigenvalue weighted by molar-refractivity contribution is 6.23. The highest BCUT2D eigenvalue weighted by atomic mass is 16.5. The van der Waals surface area contributed by atoms with E-state index in [1.807, 2.05) is 49.4 Å². The number of nitrogens with zero attached hydrogens (tertiary/aromatic N) is 7. The van der Waals surface area contributed by atoms with Crippen LogP contribution in [0, 0.1) is 12.8 Å². The van der Waals surface area contributed by atoms with Crippen LogP contribution in [0.3, 0.4) is 0 Å². The smallest absolute Gasteiger partial charge is 0.270 e. The molecule has 0 bridgehead atoms. The number of aromatic nitrogens is 5. The summed E-state index contributed by atoms with van der Waals surface area (Å²) in [4.78, 5) is 84.2. The van der Waals surface area contributed by atoms with Gasteiger partial charge in [0, 0.05) is 49.5 Å². The number of carbonyl (C=O) groups is 5. The summed E-state index contributed by atoms with van der Waals surface area (Å²) < 4.78 is 8.25. The molecule has 5 aromatic rings. The van der Waals surface area contributed by atoms with Crippen LogP contribution in [0.15, 0.2) is 73.3 Å². The summed E-state index contributed by atoms with van der Waals surface area (Å²) in [5, 5.41) is 8.72. The van der Waals surface area contributed by atoms with Gasteiger partial charge in [0.05, 0.1) is 24.1 Å². The Bertz CT molecular complexity index is 2440. The van der Waals surface area contributed by atoms with Gasteiger partial charge in [-0.25, -0.2) is 19.9 Å². The highest BCUT2D eigenvalue weighted by Crippen LogP contribution is 2.36. The first-order chi connectivity index (χ1) is 28.2. The van der Waals surface area contributed by atoms with Gasteiger partial charge in [0.15, 0.2) is 11.5 Å². The first-order valence-electron chi connectivity index (χ1n) is 19.7. The first kappa shape index (κ1) is 36.9. The Kier molecular flexibility index (Phi) is 9.75. The van der Waals surface area contributed by atoms with Crippen molar-refractivity contribution in [3.05, 3.63) is 101 Å². The molecule has 58 heavy (non-hydrogen) atoms. The molecular weight excluding hydrogens is 741 g/mol. The zero-order chi connectivity index (χ0) is 39.9. The molecule has 16 heteroatoms. The van der Waals surface area contributed by atoms with Gasteiger partial charge in [-0.05, 0) is 93.0 Å². The van der Waals surface area contributed by atoms with Crippen LogP contribution in [0.5, 0.6) is 5.75 Å². The number of anilines is 2. The summed E-state index contributed by atoms with van der Waals surface area (Å²) in [5.74, 6) is -0.371. The number of fused-ring (bicyclic) bond motifs is 2. The third kappa shape index (κ3) is 7.21. The van der Waals surface area contributed by atoms with Crippen molar-refractivity contribution in [3.63, 3.8) is 0 Å². The van der Waals surface area contributed by atoms with Crippen molar-refractivity contribution in [2.45, 2.75) is 70.1 Å². The summed E-state index contributed by atoms with van der Waals surface area (Å²) in [6.45, 7) is 4.54. The van der Waals surface area contributed by atoms with E-state index in [1.54, 1.807) is 30.9 Å². The van der Waals surface area contributed by atoms with E-state index in [1.165, 1.54) is 0 Å². The average molecular weight is 783 g/mol. The van der Waals surface area contributed by atoms with E-state index in [0.717, 1.165) is 72.0 Å². The first-order valence-corrected chi connectivity index (χ1v) is 19.7. The number of imidazole rings is 1. The number of imide groups is 2. The van der Waals surface area contributed by atoms with E-state index < -0.39 is 29.7 Å². The van der Waals surface area contributed by atoms with E-state index in [0.29, 0.717) is 36.1 Å². The highest BCUT2D eigenvalue weighted by Gasteiger charge is 2.45. The lowest BCUT2D eigenvalue weighted by Gasteiger charge is -2.36. The number of carbonyl (C=O) groups excluding carboxylic acids is 5. The summed E-state index contributed by atoms with van der Waals surface area (Å²) in [6, 6.07) is 17.9. The number of rotatable bonds is 11. The fourth-order valence-electron chi connectivity index (χ4n) is 8.23. The maximum Gasteiger partial charge on any atom is 0.270 e. The molecule has 1 saturated carbocycles. The van der Waals surface area contributed by atoms with Crippen LogP contribution in [0.1, 0.15) is 87.0 Å². The molecule has 2 aromatic carbocycles. The third-order valence-corrected chi connectivity index (χ3v) is 11.6. The van der Waals surface area contributed by atoms with Crippen LogP contribution in [-0.4, -0.2) is 90.7 Å². The number of piperidine rings is 2. The minimum atomic E-state index is -0.982. The minimum Gasteiger partial charge on any atom is -0.493 e. The van der Waals surface area contributed by atoms with Crippen LogP contribution >= 0.6 is 0 Å². The number of ether oxygens (including phenoxy) is 1. The van der Waals surface area contributed by atoms with Gasteiger partial charge in [0.25, 0.3) is 17.7 Å². The van der Waals surface area contributed by atoms with E-state index >= 15 is 0 Å². The predicted molar refractivity (Wildman–Crippen MR) is 211 cm³/mol. The number of hydrogen-bond acceptors (Lipinski definition) is 12. The van der Waals surface area contributed by atoms with Crippen LogP contribution in [0.2, 0.25) is 0 Å². The lowest BCUT2D eigenvalue weighted by atomic mass is 9.86. The number of hydrogen-bond donors (Lipinski definition) is 3. The predicted octanol–water partition coefficient (Wildman–Crippen LogP) is 3.97. The van der Waals surface area contributed by atoms with Crippen molar-refractivity contribution in [1.82, 2.24) is 40.0 Å². The van der Waals surface area contributed by atoms with Crippen LogP contribution in [-0.2, 0) is 16.1 Å². The molecule has 2 saturated heterocycles. The van der Waals surface area contributed by atoms with Crippen LogP contribution in [0.25, 0.3) is 11.2 Å². The summed E-state index contributed by atoms with van der Waals surface area (Å²) >= 11 is 0. The van der Waals surface area contributed by atoms with Crippen LogP contribution in [0.4, 0.5) is 11.5 Å². The standard InChI is InChI=1S/C42H42N10O6/c1-24-3-2-4-33(47-24)39(54)48-27-17-29(18-27)51-23-46-36-37(44-22-45-38(36)51)43-20-25-5-8-30(9-6-25)58-21-26-13-15-50(16-14-26)28-7-10-31-32(19-28)42(57)52(41(31)56)34-11-12-35(53)49-40(34)55/h2-10,19,22-23,26-27,29,34H,11-18,20-21H2,1H3,(H,48,54)(H,43,44,45)(H,49,53,55)/t27?,29?,34-/m0/s1. The van der Waals surface area contributed by atoms with Gasteiger partial charge in [-0.15, -0.1) is 0 Å². The van der Waals surface area contributed by atoms with Crippen molar-refractivity contribution in [2.75, 3.05) is 29.9 Å². The van der Waals surface area contributed by atoms with Gasteiger partial charge in [-0.1, -0.05) is 18.2 Å². The van der Waals surface area contributed by atoms with Gasteiger partial charge in [-0.2, -0.15) is 0 Å². The fraction of sp³-hybridized carbons (Fsp3) is 0.357. The Balaban J connectivity index is 0.732. The molecule has 6 heterocycles. The second-order valence-electron chi connectivity index (χ2n) is 15.4. The number of nitrogens with one attached hydrogen (secondary N) is 3. The molecule has 3 aliphatic heterocycles. The lowest BCUT2D eigenvalue weighted by Crippen LogP contribution is -2.54. The molecule has 296 valence electrons. The van der Waals surface area contributed by atoms with Gasteiger partial charge in [0.2, 0.25) is 11.8 Å². The normalized spacial score (nSPS) is 20.8. The maximum absolute atomic E-state index is 13.3. The Morgan fingerprint density at radius 3 is 2.48 bits per heavy atom. The van der Waals surface area contributed by atoms with Gasteiger partial charge >= 0.3 is 0 Å². The second-order valence-corrected chi connectivity index (χ2v) is 15.4. The Morgan fingerprint density at radius 2 is 1.71 bits per heavy atom. The number of pyridine rings is 1. The Hall–Kier alpha value is -6.71. The van der Waals surface area contributed by atoms with Crippen molar-refractivity contribution >= 4 is 52.2 Å². The minimum absolute atomic E-state index is 0.0610. The van der Waals surface area contributed by atoms with E-state index in [9.17, 15) is 24.0 Å². The summed E-state index contributed by atoms with van der Waals surface area (Å²) in [6.07, 6.45) is 6.92. The van der Waals surface area contributed by atoms with Crippen LogP contribution < -0.4 is 25.6 Å². The largest absolute Gasteiger partial charge is 0.493 e. The molecule has 1 aliphatic carbocycles. The van der Waals surface area contributed by atoms with E-state index in [2.05, 4.69) is 45.4 Å². The molecule has 0 radical (unpaired) electrons. The van der Waals surface area contributed by atoms with Crippen molar-refractivity contribution in [3.8, 4) is 5.75 Å². The maximum atomic E-state index is 13.3. The molecule has 16 nitrogen and oxygen atoms in total. The number of amides is 5. The van der Waals surface area contributed by atoms with Gasteiger partial charge in [0.1, 0.15) is 29.3 Å². The topological polar surface area (TPSA) is 194 Å². The van der Waals surface area contributed by atoms with E-state index in [4.69, 9.17) is 4.74 Å². The molecule has 1 atom stereocenters. The Morgan fingerprint density at radius 1 is 0.914 bits per heavy atom. The second kappa shape index (κ2) is 15.3. The molecule has 9 rings (SSSR count). The molecular formula is C42H42N10O6. The quantitative estimate of drug-likeness (QED) is 0.164. The summed E-state index contributed by atoms with van der Waals surface area (Å²) in [5.41, 5.74) is 5.16. The van der Waals surface area contributed by atoms with Crippen molar-refractivity contribution in [2.24, 2.45) is 5.92 Å². The Labute approximate surface area is 333 Å². The molecule has 4 aliphatic rings. The van der Waals surface area contributed by atoms with E-state index in [-0.39, 0.29) is 42.0 Å². The van der Waals surface area contributed by atoms with Crippen molar-refractivity contribution < 1.29 is 28.7 Å². The van der Waals surface area contributed by atoms with Gasteiger partial charge in [-0.3, -0.25) is 34.2 Å². The van der Waals surface area contributed by atoms with Gasteiger partial charge < -0.3 is 24.8 Å². The zero-order valence-electron chi connectivity index (χ0n) is 31.9. The van der Waals surface area contributed by atoms with Crippen molar-refractivity contribution in [1.29, 1.82) is 0 Å². The fourth-order valence-corrected chi connectivity index (χ4v) is 8.23. The summed E-state index contributed by atoms with van der Waals surface area (Å²) in [7, 11) is 0. The zero-order valence-corrected chi connectivity index (χ0v) is 31.9. The third-order valence-electron chi connectivity index (χ3n) is 11.6. The monoisotopic (exact) mass is 782 g/mol. The average Bonchev–Trinajstić information content (AvgIpc) is 3.75. The number of benzene rings is 2. The molecule has 3 fully saturated rings. The molecule has 0 spiro atoms. The molecule has 3 aromatic heterocycles. The molecule has 3 N–H and O–H groups in total. The SMILES string of the molecule is Cc1cccc(C(=O)NC2CC(n3cnc4c(NCc5ccc(OCC6CCN(c7ccc8c(c7)C(=O)N([C@H]7CCC(=O)NC7=O)C8=O)CC6)cc5)ncnc43)C2)n1. The molecule has 0 unspecified atom stereocenters. The lowest BCUT2D eigenvalue weighted by molar-refractivity contribution is -0.136. The number of aryl methyl sites for hydroxylation is 1. The molecule has 5 amide bonds.